The summed E-state index contributed by atoms with van der Waals surface area (Å²) >= 11 is 0. The molecule has 1 aliphatic rings. The van der Waals surface area contributed by atoms with Gasteiger partial charge in [0.25, 0.3) is 5.91 Å². The summed E-state index contributed by atoms with van der Waals surface area (Å²) in [6.07, 6.45) is 0.735. The first-order chi connectivity index (χ1) is 14.0. The predicted molar refractivity (Wildman–Crippen MR) is 107 cm³/mol. The summed E-state index contributed by atoms with van der Waals surface area (Å²) < 4.78 is 25.1. The predicted octanol–water partition coefficient (Wildman–Crippen LogP) is 4.29. The van der Waals surface area contributed by atoms with Gasteiger partial charge in [0.05, 0.1) is 23.1 Å². The van der Waals surface area contributed by atoms with E-state index in [1.54, 1.807) is 4.90 Å². The average molecular weight is 395 g/mol. The second-order valence-electron chi connectivity index (χ2n) is 7.40. The molecule has 0 unspecified atom stereocenters. The van der Waals surface area contributed by atoms with Crippen LogP contribution in [0.1, 0.15) is 48.0 Å². The molecule has 0 saturated carbocycles. The van der Waals surface area contributed by atoms with E-state index in [4.69, 9.17) is 9.15 Å². The first-order valence-electron chi connectivity index (χ1n) is 9.71. The Morgan fingerprint density at radius 2 is 1.90 bits per heavy atom. The third-order valence-corrected chi connectivity index (χ3v) is 5.04. The molecule has 0 radical (unpaired) electrons. The van der Waals surface area contributed by atoms with Crippen molar-refractivity contribution >= 4 is 16.9 Å². The summed E-state index contributed by atoms with van der Waals surface area (Å²) in [5.41, 5.74) is 0.917. The van der Waals surface area contributed by atoms with Crippen molar-refractivity contribution in [1.29, 1.82) is 0 Å². The van der Waals surface area contributed by atoms with Gasteiger partial charge in [0, 0.05) is 13.2 Å². The summed E-state index contributed by atoms with van der Waals surface area (Å²) in [7, 11) is 0. The van der Waals surface area contributed by atoms with Crippen LogP contribution in [-0.4, -0.2) is 30.1 Å². The fourth-order valence-electron chi connectivity index (χ4n) is 3.76. The molecule has 1 aliphatic heterocycles. The van der Waals surface area contributed by atoms with E-state index in [9.17, 15) is 14.0 Å². The molecule has 0 spiro atoms. The number of carbonyl (C=O) groups is 1. The average Bonchev–Trinajstić information content (AvgIpc) is 2.99. The quantitative estimate of drug-likeness (QED) is 0.584. The largest absolute Gasteiger partial charge is 0.450 e. The molecule has 6 heteroatoms. The number of nitrogens with zero attached hydrogens (tertiary/aromatic N) is 1. The number of hydrogen-bond donors (Lipinski definition) is 0. The van der Waals surface area contributed by atoms with E-state index >= 15 is 0 Å². The highest BCUT2D eigenvalue weighted by atomic mass is 19.1. The molecule has 1 atom stereocenters. The minimum absolute atomic E-state index is 0.0349. The number of carbonyl (C=O) groups excluding carboxylic acids is 1. The third kappa shape index (κ3) is 3.56. The zero-order valence-corrected chi connectivity index (χ0v) is 16.4. The molecule has 2 aromatic carbocycles. The highest BCUT2D eigenvalue weighted by Crippen LogP contribution is 2.38. The fourth-order valence-corrected chi connectivity index (χ4v) is 3.76. The smallest absolute Gasteiger partial charge is 0.290 e. The molecule has 5 nitrogen and oxygen atoms in total. The van der Waals surface area contributed by atoms with Crippen LogP contribution in [0.15, 0.2) is 57.7 Å². The van der Waals surface area contributed by atoms with Gasteiger partial charge in [-0.1, -0.05) is 30.3 Å². The van der Waals surface area contributed by atoms with Gasteiger partial charge in [0.15, 0.2) is 5.43 Å². The second kappa shape index (κ2) is 7.79. The lowest BCUT2D eigenvalue weighted by Crippen LogP contribution is -2.31. The summed E-state index contributed by atoms with van der Waals surface area (Å²) in [5, 5.41) is 0.141. The summed E-state index contributed by atoms with van der Waals surface area (Å²) in [4.78, 5) is 28.0. The molecule has 1 amide bonds. The molecule has 3 aromatic rings. The summed E-state index contributed by atoms with van der Waals surface area (Å²) in [6, 6.07) is 12.5. The molecule has 0 fully saturated rings. The Morgan fingerprint density at radius 3 is 2.62 bits per heavy atom. The number of halogens is 1. The van der Waals surface area contributed by atoms with E-state index < -0.39 is 11.9 Å². The number of fused-ring (bicyclic) bond motifs is 2. The Kier molecular flexibility index (Phi) is 5.20. The van der Waals surface area contributed by atoms with Gasteiger partial charge in [-0.2, -0.15) is 0 Å². The van der Waals surface area contributed by atoms with Gasteiger partial charge in [-0.15, -0.1) is 0 Å². The van der Waals surface area contributed by atoms with Gasteiger partial charge in [-0.05, 0) is 44.0 Å². The van der Waals surface area contributed by atoms with Crippen LogP contribution in [-0.2, 0) is 4.74 Å². The van der Waals surface area contributed by atoms with E-state index in [1.165, 1.54) is 12.1 Å². The van der Waals surface area contributed by atoms with Crippen molar-refractivity contribution in [2.75, 3.05) is 13.2 Å². The minimum atomic E-state index is -0.568. The maximum Gasteiger partial charge on any atom is 0.290 e. The highest BCUT2D eigenvalue weighted by Gasteiger charge is 2.42. The van der Waals surface area contributed by atoms with Crippen LogP contribution in [0.25, 0.3) is 11.0 Å². The molecule has 0 bridgehead atoms. The van der Waals surface area contributed by atoms with Crippen LogP contribution in [0.4, 0.5) is 4.39 Å². The van der Waals surface area contributed by atoms with Crippen LogP contribution in [0.5, 0.6) is 0 Å². The Morgan fingerprint density at radius 1 is 1.14 bits per heavy atom. The normalized spacial score (nSPS) is 16.1. The SMILES string of the molecule is CC(C)OCCCN1C(=O)c2oc3ccc(F)cc3c(=O)c2[C@@H]1c1ccccc1. The summed E-state index contributed by atoms with van der Waals surface area (Å²) in [6.45, 7) is 4.83. The monoisotopic (exact) mass is 395 g/mol. The van der Waals surface area contributed by atoms with Crippen molar-refractivity contribution < 1.29 is 18.3 Å². The second-order valence-corrected chi connectivity index (χ2v) is 7.40. The van der Waals surface area contributed by atoms with Gasteiger partial charge in [0.2, 0.25) is 5.76 Å². The number of rotatable bonds is 6. The molecule has 4 rings (SSSR count). The Balaban J connectivity index is 1.80. The molecule has 0 aliphatic carbocycles. The van der Waals surface area contributed by atoms with E-state index in [-0.39, 0.29) is 39.7 Å². The lowest BCUT2D eigenvalue weighted by Gasteiger charge is -2.25. The highest BCUT2D eigenvalue weighted by molar-refractivity contribution is 5.99. The molecule has 0 saturated heterocycles. The van der Waals surface area contributed by atoms with Gasteiger partial charge >= 0.3 is 0 Å². The molecule has 29 heavy (non-hydrogen) atoms. The van der Waals surface area contributed by atoms with Crippen LogP contribution in [0, 0.1) is 5.82 Å². The van der Waals surface area contributed by atoms with Crippen molar-refractivity contribution in [2.45, 2.75) is 32.4 Å². The number of ether oxygens (including phenoxy) is 1. The first kappa shape index (κ1) is 19.3. The van der Waals surface area contributed by atoms with Crippen LogP contribution < -0.4 is 5.43 Å². The van der Waals surface area contributed by atoms with Crippen molar-refractivity contribution in [3.8, 4) is 0 Å². The van der Waals surface area contributed by atoms with Gasteiger partial charge < -0.3 is 14.1 Å². The van der Waals surface area contributed by atoms with Crippen molar-refractivity contribution in [1.82, 2.24) is 4.90 Å². The lowest BCUT2D eigenvalue weighted by atomic mass is 9.98. The zero-order chi connectivity index (χ0) is 20.5. The molecular formula is C23H22FNO4. The fraction of sp³-hybridized carbons (Fsp3) is 0.304. The van der Waals surface area contributed by atoms with Gasteiger partial charge in [-0.3, -0.25) is 9.59 Å². The van der Waals surface area contributed by atoms with E-state index in [0.29, 0.717) is 19.6 Å². The maximum atomic E-state index is 13.7. The van der Waals surface area contributed by atoms with Crippen molar-refractivity contribution in [3.63, 3.8) is 0 Å². The Hall–Kier alpha value is -2.99. The van der Waals surface area contributed by atoms with Crippen LogP contribution >= 0.6 is 0 Å². The molecule has 2 heterocycles. The van der Waals surface area contributed by atoms with Crippen molar-refractivity contribution in [2.24, 2.45) is 0 Å². The Labute approximate surface area is 167 Å². The van der Waals surface area contributed by atoms with E-state index in [1.807, 2.05) is 44.2 Å². The standard InChI is InChI=1S/C23H22FNO4/c1-14(2)28-12-6-11-25-20(15-7-4-3-5-8-15)19-21(26)17-13-16(24)9-10-18(17)29-22(19)23(25)27/h3-5,7-10,13-14,20H,6,11-12H2,1-2H3/t20-/m0/s1. The van der Waals surface area contributed by atoms with Crippen LogP contribution in [0.2, 0.25) is 0 Å². The minimum Gasteiger partial charge on any atom is -0.450 e. The molecule has 150 valence electrons. The number of hydrogen-bond acceptors (Lipinski definition) is 4. The lowest BCUT2D eigenvalue weighted by molar-refractivity contribution is 0.0593. The Bertz CT molecular complexity index is 1110. The molecule has 1 aromatic heterocycles. The number of benzene rings is 2. The van der Waals surface area contributed by atoms with E-state index in [2.05, 4.69) is 0 Å². The first-order valence-corrected chi connectivity index (χ1v) is 9.71. The number of amides is 1. The third-order valence-electron chi connectivity index (χ3n) is 5.04. The van der Waals surface area contributed by atoms with Crippen molar-refractivity contribution in [3.05, 3.63) is 81.5 Å². The van der Waals surface area contributed by atoms with Gasteiger partial charge in [-0.25, -0.2) is 4.39 Å². The maximum absolute atomic E-state index is 13.7. The van der Waals surface area contributed by atoms with E-state index in [0.717, 1.165) is 11.6 Å². The molecule has 0 N–H and O–H groups in total. The molecular weight excluding hydrogens is 373 g/mol. The van der Waals surface area contributed by atoms with Crippen LogP contribution in [0.3, 0.4) is 0 Å². The summed E-state index contributed by atoms with van der Waals surface area (Å²) in [5.74, 6) is -0.817. The topological polar surface area (TPSA) is 59.8 Å². The zero-order valence-electron chi connectivity index (χ0n) is 16.4. The van der Waals surface area contributed by atoms with Gasteiger partial charge in [0.1, 0.15) is 11.4 Å².